The number of hydrogen-bond donors (Lipinski definition) is 1. The number of amides is 2. The number of pyridine rings is 1. The van der Waals surface area contributed by atoms with Gasteiger partial charge in [-0.2, -0.15) is 0 Å². The maximum absolute atomic E-state index is 13.2. The van der Waals surface area contributed by atoms with E-state index in [1.165, 1.54) is 10.6 Å². The van der Waals surface area contributed by atoms with Gasteiger partial charge in [-0.15, -0.1) is 0 Å². The number of nitrogens with zero attached hydrogens (tertiary/aromatic N) is 3. The number of hydrogen-bond acceptors (Lipinski definition) is 5. The number of nitrogens with one attached hydrogen (secondary N) is 1. The zero-order valence-electron chi connectivity index (χ0n) is 16.7. The summed E-state index contributed by atoms with van der Waals surface area (Å²) >= 11 is 0. The Morgan fingerprint density at radius 3 is 2.79 bits per heavy atom. The zero-order chi connectivity index (χ0) is 20.6. The molecule has 3 fully saturated rings. The minimum Gasteiger partial charge on any atom is -0.354 e. The molecule has 0 radical (unpaired) electrons. The smallest absolute Gasteiger partial charge is 0.243 e. The second-order valence-electron chi connectivity index (χ2n) is 8.40. The average molecular weight is 421 g/mol. The summed E-state index contributed by atoms with van der Waals surface area (Å²) in [7, 11) is -3.33. The summed E-state index contributed by atoms with van der Waals surface area (Å²) in [5, 5.41) is 2.97. The molecule has 0 aromatic carbocycles. The number of sulfonamides is 1. The molecule has 3 saturated heterocycles. The van der Waals surface area contributed by atoms with Crippen molar-refractivity contribution >= 4 is 21.8 Å². The topological polar surface area (TPSA) is 99.7 Å². The van der Waals surface area contributed by atoms with Crippen molar-refractivity contribution in [2.24, 2.45) is 11.8 Å². The Hall–Kier alpha value is -2.00. The Bertz CT molecular complexity index is 876. The first-order chi connectivity index (χ1) is 13.8. The Labute approximate surface area is 171 Å². The third kappa shape index (κ3) is 4.16. The van der Waals surface area contributed by atoms with Gasteiger partial charge in [0.25, 0.3) is 0 Å². The fourth-order valence-electron chi connectivity index (χ4n) is 5.19. The molecule has 1 N–H and O–H groups in total. The van der Waals surface area contributed by atoms with Crippen LogP contribution < -0.4 is 5.32 Å². The van der Waals surface area contributed by atoms with Gasteiger partial charge in [0.1, 0.15) is 6.04 Å². The number of piperidine rings is 3. The highest BCUT2D eigenvalue weighted by Crippen LogP contribution is 2.42. The monoisotopic (exact) mass is 420 g/mol. The molecule has 4 heterocycles. The molecule has 4 rings (SSSR count). The first-order valence-corrected chi connectivity index (χ1v) is 12.1. The minimum atomic E-state index is -3.33. The van der Waals surface area contributed by atoms with Crippen LogP contribution in [-0.4, -0.2) is 72.4 Å². The molecular weight excluding hydrogens is 392 g/mol. The lowest BCUT2D eigenvalue weighted by Crippen LogP contribution is -2.68. The van der Waals surface area contributed by atoms with Crippen molar-refractivity contribution < 1.29 is 18.0 Å². The Balaban J connectivity index is 1.52. The number of aromatic nitrogens is 1. The fourth-order valence-corrected chi connectivity index (χ4v) is 6.11. The van der Waals surface area contributed by atoms with Crippen LogP contribution in [0, 0.1) is 11.8 Å². The maximum Gasteiger partial charge on any atom is 0.243 e. The molecule has 3 aliphatic heterocycles. The first kappa shape index (κ1) is 20.3. The third-order valence-electron chi connectivity index (χ3n) is 6.45. The molecule has 3 aliphatic rings. The van der Waals surface area contributed by atoms with Crippen LogP contribution in [0.5, 0.6) is 0 Å². The molecule has 4 atom stereocenters. The van der Waals surface area contributed by atoms with E-state index < -0.39 is 16.1 Å². The van der Waals surface area contributed by atoms with Gasteiger partial charge in [0.2, 0.25) is 21.8 Å². The van der Waals surface area contributed by atoms with Crippen LogP contribution in [0.1, 0.15) is 31.4 Å². The van der Waals surface area contributed by atoms with E-state index in [0.29, 0.717) is 32.5 Å². The second kappa shape index (κ2) is 8.02. The summed E-state index contributed by atoms with van der Waals surface area (Å²) in [4.78, 5) is 32.0. The molecule has 2 amide bonds. The summed E-state index contributed by atoms with van der Waals surface area (Å²) in [5.41, 5.74) is 0.893. The van der Waals surface area contributed by atoms with E-state index in [9.17, 15) is 18.0 Å². The predicted octanol–water partition coefficient (Wildman–Crippen LogP) is 0.401. The molecule has 8 nitrogen and oxygen atoms in total. The molecule has 0 aliphatic carbocycles. The van der Waals surface area contributed by atoms with E-state index >= 15 is 0 Å². The molecule has 158 valence electrons. The van der Waals surface area contributed by atoms with Crippen LogP contribution >= 0.6 is 0 Å². The van der Waals surface area contributed by atoms with Crippen LogP contribution in [0.3, 0.4) is 0 Å². The molecule has 0 unspecified atom stereocenters. The fraction of sp³-hybridized carbons (Fsp3) is 0.650. The lowest BCUT2D eigenvalue weighted by Gasteiger charge is -2.55. The minimum absolute atomic E-state index is 0.0219. The van der Waals surface area contributed by atoms with Crippen LogP contribution in [0.25, 0.3) is 0 Å². The van der Waals surface area contributed by atoms with Gasteiger partial charge in [-0.05, 0) is 37.3 Å². The van der Waals surface area contributed by atoms with E-state index in [2.05, 4.69) is 10.3 Å². The molecular formula is C20H28N4O4S. The standard InChI is InChI=1S/C20H28N4O4S/c1-29(27,28)23-12-14-11-15(13-23)19(24-17(14)6-4-7-18(24)25)20(26)22-10-8-16-5-2-3-9-21-16/h2-3,5,9,14-15,17,19H,4,6-8,10-13H2,1H3,(H,22,26)/t14-,15+,17-,19+/m0/s1. The lowest BCUT2D eigenvalue weighted by molar-refractivity contribution is -0.158. The Morgan fingerprint density at radius 1 is 1.28 bits per heavy atom. The third-order valence-corrected chi connectivity index (χ3v) is 7.69. The van der Waals surface area contributed by atoms with Crippen molar-refractivity contribution in [3.8, 4) is 0 Å². The zero-order valence-corrected chi connectivity index (χ0v) is 17.5. The van der Waals surface area contributed by atoms with Crippen LogP contribution in [0.15, 0.2) is 24.4 Å². The van der Waals surface area contributed by atoms with Crippen LogP contribution in [0.4, 0.5) is 0 Å². The highest BCUT2D eigenvalue weighted by Gasteiger charge is 2.52. The summed E-state index contributed by atoms with van der Waals surface area (Å²) in [6.07, 6.45) is 6.44. The van der Waals surface area contributed by atoms with Gasteiger partial charge in [0, 0.05) is 56.3 Å². The second-order valence-corrected chi connectivity index (χ2v) is 10.4. The van der Waals surface area contributed by atoms with Crippen molar-refractivity contribution in [1.29, 1.82) is 0 Å². The highest BCUT2D eigenvalue weighted by molar-refractivity contribution is 7.88. The van der Waals surface area contributed by atoms with E-state index in [1.807, 2.05) is 18.2 Å². The molecule has 9 heteroatoms. The quantitative estimate of drug-likeness (QED) is 0.743. The van der Waals surface area contributed by atoms with Crippen LogP contribution in [0.2, 0.25) is 0 Å². The van der Waals surface area contributed by atoms with E-state index in [1.54, 1.807) is 11.1 Å². The molecule has 2 bridgehead atoms. The van der Waals surface area contributed by atoms with Gasteiger partial charge in [-0.3, -0.25) is 14.6 Å². The van der Waals surface area contributed by atoms with E-state index in [0.717, 1.165) is 25.0 Å². The van der Waals surface area contributed by atoms with Crippen molar-refractivity contribution in [3.63, 3.8) is 0 Å². The van der Waals surface area contributed by atoms with E-state index in [4.69, 9.17) is 0 Å². The Kier molecular flexibility index (Phi) is 5.61. The maximum atomic E-state index is 13.2. The number of carbonyl (C=O) groups excluding carboxylic acids is 2. The molecule has 0 saturated carbocycles. The van der Waals surface area contributed by atoms with Gasteiger partial charge < -0.3 is 10.2 Å². The molecule has 1 aromatic heterocycles. The highest BCUT2D eigenvalue weighted by atomic mass is 32.2. The predicted molar refractivity (Wildman–Crippen MR) is 107 cm³/mol. The van der Waals surface area contributed by atoms with Gasteiger partial charge in [-0.1, -0.05) is 6.07 Å². The lowest BCUT2D eigenvalue weighted by atomic mass is 9.72. The Morgan fingerprint density at radius 2 is 2.07 bits per heavy atom. The van der Waals surface area contributed by atoms with Crippen molar-refractivity contribution in [2.75, 3.05) is 25.9 Å². The molecule has 1 aromatic rings. The summed E-state index contributed by atoms with van der Waals surface area (Å²) in [6, 6.07) is 5.01. The van der Waals surface area contributed by atoms with Crippen molar-refractivity contribution in [2.45, 2.75) is 44.2 Å². The van der Waals surface area contributed by atoms with Gasteiger partial charge in [0.15, 0.2) is 0 Å². The van der Waals surface area contributed by atoms with Gasteiger partial charge >= 0.3 is 0 Å². The number of fused-ring (bicyclic) bond motifs is 4. The van der Waals surface area contributed by atoms with Gasteiger partial charge in [0.05, 0.1) is 6.26 Å². The SMILES string of the molecule is CS(=O)(=O)N1C[C@@H]2C[C@H](C1)[C@H](C(=O)NCCc1ccccn1)N1C(=O)CCC[C@@H]21. The molecule has 29 heavy (non-hydrogen) atoms. The summed E-state index contributed by atoms with van der Waals surface area (Å²) in [5.74, 6) is -0.226. The summed E-state index contributed by atoms with van der Waals surface area (Å²) < 4.78 is 25.9. The van der Waals surface area contributed by atoms with Crippen LogP contribution in [-0.2, 0) is 26.0 Å². The molecule has 0 spiro atoms. The largest absolute Gasteiger partial charge is 0.354 e. The van der Waals surface area contributed by atoms with E-state index in [-0.39, 0.29) is 29.7 Å². The normalized spacial score (nSPS) is 30.0. The average Bonchev–Trinajstić information content (AvgIpc) is 2.69. The number of carbonyl (C=O) groups is 2. The van der Waals surface area contributed by atoms with Gasteiger partial charge in [-0.25, -0.2) is 12.7 Å². The number of rotatable bonds is 5. The van der Waals surface area contributed by atoms with Crippen molar-refractivity contribution in [1.82, 2.24) is 19.5 Å². The first-order valence-electron chi connectivity index (χ1n) is 10.3. The van der Waals surface area contributed by atoms with Crippen molar-refractivity contribution in [3.05, 3.63) is 30.1 Å². The summed E-state index contributed by atoms with van der Waals surface area (Å²) in [6.45, 7) is 1.17.